The van der Waals surface area contributed by atoms with Crippen molar-refractivity contribution in [1.82, 2.24) is 0 Å². The van der Waals surface area contributed by atoms with Crippen molar-refractivity contribution >= 4 is 15.8 Å². The maximum absolute atomic E-state index is 11.8. The maximum Gasteiger partial charge on any atom is 0.295 e. The molecule has 0 saturated heterocycles. The number of nitrogens with zero attached hydrogens (tertiary/aromatic N) is 1. The van der Waals surface area contributed by atoms with E-state index >= 15 is 0 Å². The number of benzene rings is 2. The lowest BCUT2D eigenvalue weighted by atomic mass is 9.95. The molecular formula is C16H17NO7S. The highest BCUT2D eigenvalue weighted by Crippen LogP contribution is 2.43. The standard InChI is InChI=1S/C16H17NO7S/c1-9-5-6-15(25(20,21)22)16(10(9)2)11-7-13(23-3)14(24-4)8-12(11)17(18)19/h5-8H,1-4H3,(H,20,21,22). The lowest BCUT2D eigenvalue weighted by Crippen LogP contribution is -2.05. The van der Waals surface area contributed by atoms with E-state index in [2.05, 4.69) is 0 Å². The lowest BCUT2D eigenvalue weighted by Gasteiger charge is -2.16. The summed E-state index contributed by atoms with van der Waals surface area (Å²) in [5.41, 5.74) is 0.903. The van der Waals surface area contributed by atoms with E-state index in [1.165, 1.54) is 32.4 Å². The number of nitro benzene ring substituents is 1. The van der Waals surface area contributed by atoms with Crippen LogP contribution in [0.1, 0.15) is 11.1 Å². The minimum Gasteiger partial charge on any atom is -0.493 e. The van der Waals surface area contributed by atoms with Crippen molar-refractivity contribution in [2.45, 2.75) is 18.7 Å². The molecule has 0 amide bonds. The Bertz CT molecular complexity index is 951. The SMILES string of the molecule is COc1cc(-c2c(S(=O)(=O)O)ccc(C)c2C)c([N+](=O)[O-])cc1OC. The van der Waals surface area contributed by atoms with Gasteiger partial charge in [0, 0.05) is 5.56 Å². The number of ether oxygens (including phenoxy) is 2. The second-order valence-electron chi connectivity index (χ2n) is 5.34. The van der Waals surface area contributed by atoms with Crippen LogP contribution in [0.15, 0.2) is 29.2 Å². The van der Waals surface area contributed by atoms with Gasteiger partial charge >= 0.3 is 0 Å². The van der Waals surface area contributed by atoms with E-state index in [-0.39, 0.29) is 28.3 Å². The maximum atomic E-state index is 11.8. The van der Waals surface area contributed by atoms with Crippen molar-refractivity contribution in [3.05, 3.63) is 45.5 Å². The molecule has 0 aromatic heterocycles. The third-order valence-electron chi connectivity index (χ3n) is 3.94. The number of hydrogen-bond acceptors (Lipinski definition) is 6. The summed E-state index contributed by atoms with van der Waals surface area (Å²) in [6, 6.07) is 5.22. The summed E-state index contributed by atoms with van der Waals surface area (Å²) in [5, 5.41) is 11.5. The molecule has 2 rings (SSSR count). The van der Waals surface area contributed by atoms with E-state index in [0.717, 1.165) is 6.07 Å². The fraction of sp³-hybridized carbons (Fsp3) is 0.250. The Morgan fingerprint density at radius 1 is 1.08 bits per heavy atom. The molecule has 2 aromatic carbocycles. The first-order valence-electron chi connectivity index (χ1n) is 7.10. The molecule has 0 atom stereocenters. The zero-order chi connectivity index (χ0) is 18.9. The molecule has 0 saturated carbocycles. The molecule has 0 aliphatic rings. The van der Waals surface area contributed by atoms with Crippen molar-refractivity contribution in [1.29, 1.82) is 0 Å². The Balaban J connectivity index is 3.00. The number of methoxy groups -OCH3 is 2. The Morgan fingerprint density at radius 2 is 1.64 bits per heavy atom. The molecule has 25 heavy (non-hydrogen) atoms. The summed E-state index contributed by atoms with van der Waals surface area (Å²) in [4.78, 5) is 10.5. The van der Waals surface area contributed by atoms with E-state index < -0.39 is 19.9 Å². The highest BCUT2D eigenvalue weighted by molar-refractivity contribution is 7.86. The molecule has 0 radical (unpaired) electrons. The Kier molecular flexibility index (Phi) is 5.00. The van der Waals surface area contributed by atoms with Crippen molar-refractivity contribution < 1.29 is 27.4 Å². The highest BCUT2D eigenvalue weighted by atomic mass is 32.2. The van der Waals surface area contributed by atoms with E-state index in [1.54, 1.807) is 13.8 Å². The Morgan fingerprint density at radius 3 is 2.12 bits per heavy atom. The molecule has 0 fully saturated rings. The second kappa shape index (κ2) is 6.69. The van der Waals surface area contributed by atoms with E-state index in [0.29, 0.717) is 11.1 Å². The summed E-state index contributed by atoms with van der Waals surface area (Å²) in [6.07, 6.45) is 0. The van der Waals surface area contributed by atoms with Gasteiger partial charge in [-0.25, -0.2) is 0 Å². The zero-order valence-electron chi connectivity index (χ0n) is 14.1. The summed E-state index contributed by atoms with van der Waals surface area (Å²) >= 11 is 0. The molecule has 0 bridgehead atoms. The first-order valence-corrected chi connectivity index (χ1v) is 8.54. The predicted molar refractivity (Wildman–Crippen MR) is 90.9 cm³/mol. The molecule has 8 nitrogen and oxygen atoms in total. The number of rotatable bonds is 5. The number of aryl methyl sites for hydroxylation is 1. The third kappa shape index (κ3) is 3.42. The fourth-order valence-corrected chi connectivity index (χ4v) is 3.32. The van der Waals surface area contributed by atoms with E-state index in [4.69, 9.17) is 9.47 Å². The smallest absolute Gasteiger partial charge is 0.295 e. The van der Waals surface area contributed by atoms with Crippen LogP contribution in [0.3, 0.4) is 0 Å². The van der Waals surface area contributed by atoms with Gasteiger partial charge in [-0.1, -0.05) is 6.07 Å². The van der Waals surface area contributed by atoms with E-state index in [9.17, 15) is 23.1 Å². The van der Waals surface area contributed by atoms with Crippen LogP contribution in [-0.4, -0.2) is 32.1 Å². The van der Waals surface area contributed by atoms with Crippen LogP contribution >= 0.6 is 0 Å². The molecule has 0 heterocycles. The molecule has 0 unspecified atom stereocenters. The Labute approximate surface area is 144 Å². The zero-order valence-corrected chi connectivity index (χ0v) is 14.9. The average Bonchev–Trinajstić information content (AvgIpc) is 2.54. The number of nitro groups is 1. The Hall–Kier alpha value is -2.65. The first kappa shape index (κ1) is 18.7. The minimum atomic E-state index is -4.59. The summed E-state index contributed by atoms with van der Waals surface area (Å²) in [5.74, 6) is 0.335. The summed E-state index contributed by atoms with van der Waals surface area (Å²) < 4.78 is 43.3. The lowest BCUT2D eigenvalue weighted by molar-refractivity contribution is -0.384. The van der Waals surface area contributed by atoms with Gasteiger partial charge in [-0.15, -0.1) is 0 Å². The van der Waals surface area contributed by atoms with Crippen molar-refractivity contribution in [3.8, 4) is 22.6 Å². The van der Waals surface area contributed by atoms with Gasteiger partial charge in [-0.3, -0.25) is 14.7 Å². The van der Waals surface area contributed by atoms with Crippen LogP contribution in [0.5, 0.6) is 11.5 Å². The molecule has 9 heteroatoms. The molecular weight excluding hydrogens is 350 g/mol. The highest BCUT2D eigenvalue weighted by Gasteiger charge is 2.27. The quantitative estimate of drug-likeness (QED) is 0.490. The van der Waals surface area contributed by atoms with Crippen LogP contribution in [-0.2, 0) is 10.1 Å². The van der Waals surface area contributed by atoms with Gasteiger partial charge in [-0.2, -0.15) is 8.42 Å². The van der Waals surface area contributed by atoms with Crippen molar-refractivity contribution in [2.24, 2.45) is 0 Å². The van der Waals surface area contributed by atoms with Crippen LogP contribution < -0.4 is 9.47 Å². The van der Waals surface area contributed by atoms with Gasteiger partial charge in [0.05, 0.1) is 30.8 Å². The predicted octanol–water partition coefficient (Wildman–Crippen LogP) is 3.14. The molecule has 0 aliphatic heterocycles. The summed E-state index contributed by atoms with van der Waals surface area (Å²) in [6.45, 7) is 3.36. The molecule has 0 aliphatic carbocycles. The van der Waals surface area contributed by atoms with Crippen molar-refractivity contribution in [2.75, 3.05) is 14.2 Å². The first-order chi connectivity index (χ1) is 11.6. The molecule has 2 aromatic rings. The van der Waals surface area contributed by atoms with Crippen LogP contribution in [0.4, 0.5) is 5.69 Å². The molecule has 1 N–H and O–H groups in total. The number of hydrogen-bond donors (Lipinski definition) is 1. The van der Waals surface area contributed by atoms with Gasteiger partial charge in [0.15, 0.2) is 11.5 Å². The van der Waals surface area contributed by atoms with E-state index in [1.807, 2.05) is 0 Å². The van der Waals surface area contributed by atoms with Crippen LogP contribution in [0.25, 0.3) is 11.1 Å². The normalized spacial score (nSPS) is 11.2. The van der Waals surface area contributed by atoms with Gasteiger partial charge in [0.2, 0.25) is 0 Å². The molecule has 134 valence electrons. The largest absolute Gasteiger partial charge is 0.493 e. The topological polar surface area (TPSA) is 116 Å². The van der Waals surface area contributed by atoms with Crippen LogP contribution in [0, 0.1) is 24.0 Å². The minimum absolute atomic E-state index is 0.0106. The van der Waals surface area contributed by atoms with Gasteiger partial charge < -0.3 is 9.47 Å². The van der Waals surface area contributed by atoms with Gasteiger partial charge in [-0.05, 0) is 37.1 Å². The second-order valence-corrected chi connectivity index (χ2v) is 6.73. The third-order valence-corrected chi connectivity index (χ3v) is 4.84. The van der Waals surface area contributed by atoms with Crippen molar-refractivity contribution in [3.63, 3.8) is 0 Å². The molecule has 0 spiro atoms. The van der Waals surface area contributed by atoms with Crippen LogP contribution in [0.2, 0.25) is 0 Å². The average molecular weight is 367 g/mol. The monoisotopic (exact) mass is 367 g/mol. The van der Waals surface area contributed by atoms with Gasteiger partial charge in [0.25, 0.3) is 15.8 Å². The summed E-state index contributed by atoms with van der Waals surface area (Å²) in [7, 11) is -1.90. The fourth-order valence-electron chi connectivity index (χ4n) is 2.56. The van der Waals surface area contributed by atoms with Gasteiger partial charge in [0.1, 0.15) is 4.90 Å².